The summed E-state index contributed by atoms with van der Waals surface area (Å²) < 4.78 is 0. The van der Waals surface area contributed by atoms with Crippen molar-refractivity contribution < 1.29 is 4.92 Å². The Morgan fingerprint density at radius 3 is 2.60 bits per heavy atom. The summed E-state index contributed by atoms with van der Waals surface area (Å²) in [6, 6.07) is 6.36. The summed E-state index contributed by atoms with van der Waals surface area (Å²) in [4.78, 5) is 13.3. The molecule has 0 bridgehead atoms. The fourth-order valence-electron chi connectivity index (χ4n) is 2.70. The van der Waals surface area contributed by atoms with Crippen LogP contribution in [0.4, 0.5) is 5.69 Å². The quantitative estimate of drug-likeness (QED) is 0.525. The standard InChI is InChI=1S/C14H19N3O2S/c1-10-6-8-16(9-7-10)13(14(15)20)11-4-2-3-5-12(11)17(18)19/h2-5,10,13H,6-9H2,1H3,(H2,15,20). The summed E-state index contributed by atoms with van der Waals surface area (Å²) in [6.07, 6.45) is 2.14. The average Bonchev–Trinajstić information content (AvgIpc) is 2.41. The van der Waals surface area contributed by atoms with Crippen LogP contribution >= 0.6 is 12.2 Å². The number of rotatable bonds is 4. The van der Waals surface area contributed by atoms with E-state index in [1.54, 1.807) is 18.2 Å². The van der Waals surface area contributed by atoms with Crippen molar-refractivity contribution in [3.05, 3.63) is 39.9 Å². The van der Waals surface area contributed by atoms with Crippen molar-refractivity contribution in [1.29, 1.82) is 0 Å². The lowest BCUT2D eigenvalue weighted by molar-refractivity contribution is -0.385. The highest BCUT2D eigenvalue weighted by molar-refractivity contribution is 7.80. The van der Waals surface area contributed by atoms with E-state index in [9.17, 15) is 10.1 Å². The van der Waals surface area contributed by atoms with Gasteiger partial charge in [0.25, 0.3) is 5.69 Å². The van der Waals surface area contributed by atoms with Gasteiger partial charge >= 0.3 is 0 Å². The van der Waals surface area contributed by atoms with E-state index in [-0.39, 0.29) is 16.7 Å². The van der Waals surface area contributed by atoms with Crippen LogP contribution in [0.2, 0.25) is 0 Å². The van der Waals surface area contributed by atoms with Crippen molar-refractivity contribution in [1.82, 2.24) is 4.90 Å². The third kappa shape index (κ3) is 3.13. The number of nitrogens with two attached hydrogens (primary N) is 1. The second-order valence-electron chi connectivity index (χ2n) is 5.34. The number of piperidine rings is 1. The lowest BCUT2D eigenvalue weighted by atomic mass is 9.95. The van der Waals surface area contributed by atoms with Gasteiger partial charge in [0.1, 0.15) is 0 Å². The fourth-order valence-corrected chi connectivity index (χ4v) is 2.98. The largest absolute Gasteiger partial charge is 0.392 e. The second-order valence-corrected chi connectivity index (χ2v) is 5.81. The van der Waals surface area contributed by atoms with E-state index in [0.717, 1.165) is 25.9 Å². The van der Waals surface area contributed by atoms with Crippen LogP contribution in [-0.4, -0.2) is 27.9 Å². The van der Waals surface area contributed by atoms with E-state index < -0.39 is 0 Å². The normalized spacial score (nSPS) is 18.6. The van der Waals surface area contributed by atoms with Gasteiger partial charge in [-0.1, -0.05) is 37.3 Å². The minimum absolute atomic E-state index is 0.0870. The van der Waals surface area contributed by atoms with Crippen LogP contribution in [0.3, 0.4) is 0 Å². The van der Waals surface area contributed by atoms with Gasteiger partial charge in [-0.2, -0.15) is 0 Å². The highest BCUT2D eigenvalue weighted by atomic mass is 32.1. The molecular formula is C14H19N3O2S. The molecular weight excluding hydrogens is 274 g/mol. The molecule has 1 saturated heterocycles. The summed E-state index contributed by atoms with van der Waals surface area (Å²) in [5, 5.41) is 11.2. The van der Waals surface area contributed by atoms with Crippen molar-refractivity contribution in [3.8, 4) is 0 Å². The SMILES string of the molecule is CC1CCN(C(C(N)=S)c2ccccc2[N+](=O)[O-])CC1. The molecule has 1 aliphatic heterocycles. The molecule has 5 nitrogen and oxygen atoms in total. The number of para-hydroxylation sites is 1. The van der Waals surface area contributed by atoms with Gasteiger partial charge in [0.15, 0.2) is 0 Å². The smallest absolute Gasteiger partial charge is 0.274 e. The Balaban J connectivity index is 2.34. The molecule has 1 unspecified atom stereocenters. The van der Waals surface area contributed by atoms with Gasteiger partial charge in [-0.3, -0.25) is 15.0 Å². The monoisotopic (exact) mass is 293 g/mol. The number of hydrogen-bond donors (Lipinski definition) is 1. The summed E-state index contributed by atoms with van der Waals surface area (Å²) in [6.45, 7) is 3.96. The molecule has 0 radical (unpaired) electrons. The second kappa shape index (κ2) is 6.28. The average molecular weight is 293 g/mol. The van der Waals surface area contributed by atoms with Crippen LogP contribution in [0.1, 0.15) is 31.4 Å². The zero-order chi connectivity index (χ0) is 14.7. The van der Waals surface area contributed by atoms with Crippen LogP contribution in [-0.2, 0) is 0 Å². The first-order chi connectivity index (χ1) is 9.50. The topological polar surface area (TPSA) is 72.4 Å². The Labute approximate surface area is 123 Å². The van der Waals surface area contributed by atoms with Crippen molar-refractivity contribution in [2.24, 2.45) is 11.7 Å². The molecule has 2 N–H and O–H groups in total. The van der Waals surface area contributed by atoms with Gasteiger partial charge in [-0.15, -0.1) is 0 Å². The highest BCUT2D eigenvalue weighted by Crippen LogP contribution is 2.32. The molecule has 2 rings (SSSR count). The van der Waals surface area contributed by atoms with E-state index in [1.165, 1.54) is 6.07 Å². The Morgan fingerprint density at radius 2 is 2.05 bits per heavy atom. The predicted molar refractivity (Wildman–Crippen MR) is 82.6 cm³/mol. The minimum atomic E-state index is -0.368. The molecule has 0 spiro atoms. The summed E-state index contributed by atoms with van der Waals surface area (Å²) in [5.41, 5.74) is 6.55. The van der Waals surface area contributed by atoms with Crippen molar-refractivity contribution in [3.63, 3.8) is 0 Å². The molecule has 0 saturated carbocycles. The van der Waals surface area contributed by atoms with Gasteiger partial charge < -0.3 is 5.73 Å². The van der Waals surface area contributed by atoms with Gasteiger partial charge in [0, 0.05) is 6.07 Å². The molecule has 1 aromatic rings. The van der Waals surface area contributed by atoms with Gasteiger partial charge in [-0.05, 0) is 31.8 Å². The zero-order valence-corrected chi connectivity index (χ0v) is 12.3. The van der Waals surface area contributed by atoms with Crippen molar-refractivity contribution >= 4 is 22.9 Å². The summed E-state index contributed by atoms with van der Waals surface area (Å²) in [7, 11) is 0. The van der Waals surface area contributed by atoms with Crippen LogP contribution in [0.25, 0.3) is 0 Å². The van der Waals surface area contributed by atoms with Crippen LogP contribution < -0.4 is 5.73 Å². The molecule has 0 amide bonds. The lowest BCUT2D eigenvalue weighted by Gasteiger charge is -2.36. The molecule has 108 valence electrons. The van der Waals surface area contributed by atoms with E-state index in [0.29, 0.717) is 16.5 Å². The van der Waals surface area contributed by atoms with Gasteiger partial charge in [0.2, 0.25) is 0 Å². The maximum atomic E-state index is 11.2. The summed E-state index contributed by atoms with van der Waals surface area (Å²) in [5.74, 6) is 0.684. The number of nitro groups is 1. The van der Waals surface area contributed by atoms with Gasteiger partial charge in [-0.25, -0.2) is 0 Å². The molecule has 1 fully saturated rings. The van der Waals surface area contributed by atoms with Crippen LogP contribution in [0.15, 0.2) is 24.3 Å². The predicted octanol–water partition coefficient (Wildman–Crippen LogP) is 2.65. The Hall–Kier alpha value is -1.53. The third-order valence-electron chi connectivity index (χ3n) is 3.88. The fraction of sp³-hybridized carbons (Fsp3) is 0.500. The van der Waals surface area contributed by atoms with E-state index in [2.05, 4.69) is 11.8 Å². The molecule has 20 heavy (non-hydrogen) atoms. The number of hydrogen-bond acceptors (Lipinski definition) is 4. The molecule has 6 heteroatoms. The summed E-state index contributed by atoms with van der Waals surface area (Å²) >= 11 is 5.17. The van der Waals surface area contributed by atoms with Crippen molar-refractivity contribution in [2.45, 2.75) is 25.8 Å². The first-order valence-electron chi connectivity index (χ1n) is 6.77. The third-order valence-corrected chi connectivity index (χ3v) is 4.10. The number of likely N-dealkylation sites (tertiary alicyclic amines) is 1. The first kappa shape index (κ1) is 14.9. The van der Waals surface area contributed by atoms with E-state index in [4.69, 9.17) is 18.0 Å². The van der Waals surface area contributed by atoms with Gasteiger partial charge in [0.05, 0.1) is 21.5 Å². The Bertz CT molecular complexity index is 513. The highest BCUT2D eigenvalue weighted by Gasteiger charge is 2.31. The molecule has 1 aromatic carbocycles. The number of nitrogens with zero attached hydrogens (tertiary/aromatic N) is 2. The first-order valence-corrected chi connectivity index (χ1v) is 7.18. The minimum Gasteiger partial charge on any atom is -0.392 e. The Kier molecular flexibility index (Phi) is 4.67. The van der Waals surface area contributed by atoms with Crippen LogP contribution in [0.5, 0.6) is 0 Å². The number of nitro benzene ring substituents is 1. The van der Waals surface area contributed by atoms with Crippen molar-refractivity contribution in [2.75, 3.05) is 13.1 Å². The molecule has 1 heterocycles. The molecule has 1 aliphatic rings. The van der Waals surface area contributed by atoms with Crippen LogP contribution in [0, 0.1) is 16.0 Å². The number of thiocarbonyl (C=S) groups is 1. The maximum Gasteiger partial charge on any atom is 0.274 e. The lowest BCUT2D eigenvalue weighted by Crippen LogP contribution is -2.41. The van der Waals surface area contributed by atoms with E-state index >= 15 is 0 Å². The molecule has 0 aliphatic carbocycles. The molecule has 0 aromatic heterocycles. The zero-order valence-electron chi connectivity index (χ0n) is 11.5. The Morgan fingerprint density at radius 1 is 1.45 bits per heavy atom. The molecule has 1 atom stereocenters. The maximum absolute atomic E-state index is 11.2. The number of benzene rings is 1. The van der Waals surface area contributed by atoms with E-state index in [1.807, 2.05) is 0 Å².